The minimum absolute atomic E-state index is 0.131. The monoisotopic (exact) mass is 210 g/mol. The summed E-state index contributed by atoms with van der Waals surface area (Å²) >= 11 is -1.28. The van der Waals surface area contributed by atoms with E-state index in [9.17, 15) is 26.3 Å². The number of halogens is 6. The van der Waals surface area contributed by atoms with Gasteiger partial charge in [-0.2, -0.15) is 17.6 Å². The van der Waals surface area contributed by atoms with Gasteiger partial charge in [0.05, 0.1) is 0 Å². The first-order valence-corrected chi connectivity index (χ1v) is 3.72. The van der Waals surface area contributed by atoms with Crippen molar-refractivity contribution >= 4 is 11.8 Å². The van der Waals surface area contributed by atoms with Crippen LogP contribution in [-0.4, -0.2) is 22.3 Å². The molecule has 1 aliphatic heterocycles. The Balaban J connectivity index is 3.05. The lowest BCUT2D eigenvalue weighted by Crippen LogP contribution is -2.43. The molecule has 0 nitrogen and oxygen atoms in total. The molecular formula is C5H4F6S. The summed E-state index contributed by atoms with van der Waals surface area (Å²) in [6.45, 7) is 0.131. The molecular weight excluding hydrogens is 206 g/mol. The number of alkyl halides is 6. The summed E-state index contributed by atoms with van der Waals surface area (Å²) in [7, 11) is 0. The Morgan fingerprint density at radius 3 is 1.58 bits per heavy atom. The van der Waals surface area contributed by atoms with Gasteiger partial charge >= 0.3 is 10.5 Å². The van der Waals surface area contributed by atoms with Crippen LogP contribution in [0.3, 0.4) is 0 Å². The SMILES string of the molecule is CC1(F)C(F)C(F)(F)SC1(F)F. The van der Waals surface area contributed by atoms with Crippen LogP contribution in [0.25, 0.3) is 0 Å². The Labute approximate surface area is 68.3 Å². The number of hydrogen-bond donors (Lipinski definition) is 0. The summed E-state index contributed by atoms with van der Waals surface area (Å²) < 4.78 is 74.1. The van der Waals surface area contributed by atoms with Crippen molar-refractivity contribution in [3.8, 4) is 0 Å². The van der Waals surface area contributed by atoms with E-state index in [1.807, 2.05) is 0 Å². The van der Waals surface area contributed by atoms with Crippen molar-refractivity contribution in [2.75, 3.05) is 0 Å². The summed E-state index contributed by atoms with van der Waals surface area (Å²) in [4.78, 5) is 0. The first-order valence-electron chi connectivity index (χ1n) is 2.90. The van der Waals surface area contributed by atoms with Crippen LogP contribution in [0.2, 0.25) is 0 Å². The molecule has 2 atom stereocenters. The molecule has 0 radical (unpaired) electrons. The molecule has 1 heterocycles. The van der Waals surface area contributed by atoms with Crippen molar-refractivity contribution < 1.29 is 26.3 Å². The van der Waals surface area contributed by atoms with E-state index in [4.69, 9.17) is 0 Å². The second-order valence-corrected chi connectivity index (χ2v) is 3.88. The molecule has 1 saturated heterocycles. The van der Waals surface area contributed by atoms with Gasteiger partial charge in [-0.3, -0.25) is 0 Å². The molecule has 0 aromatic carbocycles. The highest BCUT2D eigenvalue weighted by molar-refractivity contribution is 8.01. The highest BCUT2D eigenvalue weighted by atomic mass is 32.2. The fourth-order valence-electron chi connectivity index (χ4n) is 0.786. The van der Waals surface area contributed by atoms with Gasteiger partial charge in [-0.25, -0.2) is 8.78 Å². The minimum atomic E-state index is -4.38. The summed E-state index contributed by atoms with van der Waals surface area (Å²) in [5.74, 6) is 0. The summed E-state index contributed by atoms with van der Waals surface area (Å²) in [6, 6.07) is 0. The Kier molecular flexibility index (Phi) is 1.87. The summed E-state index contributed by atoms with van der Waals surface area (Å²) in [5.41, 5.74) is -3.80. The van der Waals surface area contributed by atoms with Gasteiger partial charge in [-0.1, -0.05) is 0 Å². The first kappa shape index (κ1) is 10.0. The third-order valence-corrected chi connectivity index (χ3v) is 2.74. The Morgan fingerprint density at radius 1 is 1.08 bits per heavy atom. The topological polar surface area (TPSA) is 0 Å². The van der Waals surface area contributed by atoms with Crippen LogP contribution in [0.15, 0.2) is 0 Å². The molecule has 0 N–H and O–H groups in total. The first-order chi connectivity index (χ1) is 5.11. The van der Waals surface area contributed by atoms with Gasteiger partial charge in [-0.05, 0) is 18.7 Å². The van der Waals surface area contributed by atoms with E-state index < -0.39 is 34.1 Å². The van der Waals surface area contributed by atoms with Crippen molar-refractivity contribution in [3.63, 3.8) is 0 Å². The van der Waals surface area contributed by atoms with E-state index in [2.05, 4.69) is 0 Å². The Morgan fingerprint density at radius 2 is 1.50 bits per heavy atom. The Hall–Kier alpha value is -0.0700. The largest absolute Gasteiger partial charge is 0.335 e. The van der Waals surface area contributed by atoms with Crippen molar-refractivity contribution in [2.45, 2.75) is 29.3 Å². The average molecular weight is 210 g/mol. The van der Waals surface area contributed by atoms with E-state index in [0.717, 1.165) is 0 Å². The standard InChI is InChI=1S/C5H4F6S/c1-3(7)2(6)4(8,9)12-5(3,10)11/h2H,1H3. The van der Waals surface area contributed by atoms with Crippen molar-refractivity contribution in [1.29, 1.82) is 0 Å². The molecule has 0 spiro atoms. The zero-order valence-electron chi connectivity index (χ0n) is 5.75. The average Bonchev–Trinajstić information content (AvgIpc) is 1.90. The van der Waals surface area contributed by atoms with E-state index in [1.54, 1.807) is 0 Å². The number of hydrogen-bond acceptors (Lipinski definition) is 1. The van der Waals surface area contributed by atoms with Gasteiger partial charge < -0.3 is 0 Å². The second kappa shape index (κ2) is 2.24. The Bertz CT molecular complexity index is 200. The molecule has 0 aromatic rings. The van der Waals surface area contributed by atoms with Crippen LogP contribution in [0.5, 0.6) is 0 Å². The van der Waals surface area contributed by atoms with E-state index in [1.165, 1.54) is 0 Å². The molecule has 12 heavy (non-hydrogen) atoms. The van der Waals surface area contributed by atoms with Crippen molar-refractivity contribution in [1.82, 2.24) is 0 Å². The quantitative estimate of drug-likeness (QED) is 0.554. The van der Waals surface area contributed by atoms with Crippen LogP contribution >= 0.6 is 11.8 Å². The molecule has 1 aliphatic rings. The van der Waals surface area contributed by atoms with E-state index >= 15 is 0 Å². The maximum absolute atomic E-state index is 12.7. The van der Waals surface area contributed by atoms with Crippen molar-refractivity contribution in [3.05, 3.63) is 0 Å². The molecule has 0 amide bonds. The highest BCUT2D eigenvalue weighted by Crippen LogP contribution is 2.62. The predicted molar refractivity (Wildman–Crippen MR) is 31.9 cm³/mol. The molecule has 1 fully saturated rings. The normalized spacial score (nSPS) is 44.8. The van der Waals surface area contributed by atoms with Crippen LogP contribution in [-0.2, 0) is 0 Å². The highest BCUT2D eigenvalue weighted by Gasteiger charge is 2.75. The van der Waals surface area contributed by atoms with Gasteiger partial charge in [-0.15, -0.1) is 0 Å². The fraction of sp³-hybridized carbons (Fsp3) is 1.00. The third kappa shape index (κ3) is 1.09. The summed E-state index contributed by atoms with van der Waals surface area (Å²) in [5, 5.41) is -8.73. The third-order valence-electron chi connectivity index (χ3n) is 1.60. The number of thioether (sulfide) groups is 1. The van der Waals surface area contributed by atoms with Gasteiger partial charge in [0, 0.05) is 0 Å². The molecule has 7 heteroatoms. The number of rotatable bonds is 0. The molecule has 0 aliphatic carbocycles. The van der Waals surface area contributed by atoms with Gasteiger partial charge in [0.25, 0.3) is 0 Å². The fourth-order valence-corrected chi connectivity index (χ4v) is 1.76. The van der Waals surface area contributed by atoms with Crippen molar-refractivity contribution in [2.24, 2.45) is 0 Å². The van der Waals surface area contributed by atoms with E-state index in [-0.39, 0.29) is 6.92 Å². The van der Waals surface area contributed by atoms with Crippen LogP contribution in [0, 0.1) is 0 Å². The summed E-state index contributed by atoms with van der Waals surface area (Å²) in [6.07, 6.45) is -3.47. The molecule has 0 saturated carbocycles. The minimum Gasteiger partial charge on any atom is -0.236 e. The van der Waals surface area contributed by atoms with Crippen LogP contribution in [0.1, 0.15) is 6.92 Å². The molecule has 1 rings (SSSR count). The molecule has 2 unspecified atom stereocenters. The van der Waals surface area contributed by atoms with Crippen LogP contribution < -0.4 is 0 Å². The maximum Gasteiger partial charge on any atom is 0.335 e. The molecule has 0 bridgehead atoms. The lowest BCUT2D eigenvalue weighted by Gasteiger charge is -2.21. The lowest BCUT2D eigenvalue weighted by molar-refractivity contribution is -0.117. The molecule has 0 aromatic heterocycles. The zero-order valence-corrected chi connectivity index (χ0v) is 6.57. The second-order valence-electron chi connectivity index (χ2n) is 2.62. The smallest absolute Gasteiger partial charge is 0.236 e. The lowest BCUT2D eigenvalue weighted by atomic mass is 10.0. The van der Waals surface area contributed by atoms with Gasteiger partial charge in [0.1, 0.15) is 0 Å². The maximum atomic E-state index is 12.7. The van der Waals surface area contributed by atoms with Crippen LogP contribution in [0.4, 0.5) is 26.3 Å². The molecule has 72 valence electrons. The predicted octanol–water partition coefficient (Wildman–Crippen LogP) is 2.99. The van der Waals surface area contributed by atoms with Gasteiger partial charge in [0.15, 0.2) is 0 Å². The zero-order chi connectivity index (χ0) is 9.78. The van der Waals surface area contributed by atoms with E-state index in [0.29, 0.717) is 0 Å². The van der Waals surface area contributed by atoms with Gasteiger partial charge in [0.2, 0.25) is 11.8 Å².